The number of hydrogen-bond acceptors (Lipinski definition) is 3. The molecular weight excluding hydrogens is 333 g/mol. The molecule has 0 heterocycles. The van der Waals surface area contributed by atoms with Crippen LogP contribution in [0.1, 0.15) is 42.3 Å². The van der Waals surface area contributed by atoms with Gasteiger partial charge in [0, 0.05) is 11.1 Å². The van der Waals surface area contributed by atoms with Crippen LogP contribution in [0.3, 0.4) is 0 Å². The standard InChI is InChI=1S/C20H24FN3O2/c1-4-24(5-2)13-17-12-16(8-11-19(17)25)14(3)22-23-20(26)15-6-9-18(21)10-7-15/h6-12,25H,4-5,13H2,1-3H3,(H,23,26)/p+1/b22-14+. The van der Waals surface area contributed by atoms with Gasteiger partial charge in [0.25, 0.3) is 5.91 Å². The lowest BCUT2D eigenvalue weighted by molar-refractivity contribution is -0.910. The van der Waals surface area contributed by atoms with Gasteiger partial charge in [0.05, 0.1) is 18.8 Å². The molecule has 0 spiro atoms. The number of benzene rings is 2. The number of nitrogens with zero attached hydrogens (tertiary/aromatic N) is 1. The third-order valence-corrected chi connectivity index (χ3v) is 4.37. The molecule has 0 saturated heterocycles. The molecule has 1 amide bonds. The summed E-state index contributed by atoms with van der Waals surface area (Å²) in [5.74, 6) is -0.541. The van der Waals surface area contributed by atoms with E-state index >= 15 is 0 Å². The fourth-order valence-electron chi connectivity index (χ4n) is 2.59. The first-order valence-corrected chi connectivity index (χ1v) is 8.70. The number of aromatic hydroxyl groups is 1. The molecule has 0 aromatic heterocycles. The van der Waals surface area contributed by atoms with Crippen molar-refractivity contribution in [3.8, 4) is 5.75 Å². The number of quaternary nitrogens is 1. The van der Waals surface area contributed by atoms with Gasteiger partial charge in [0.15, 0.2) is 0 Å². The summed E-state index contributed by atoms with van der Waals surface area (Å²) in [5, 5.41) is 14.2. The summed E-state index contributed by atoms with van der Waals surface area (Å²) in [7, 11) is 0. The van der Waals surface area contributed by atoms with E-state index in [4.69, 9.17) is 0 Å². The van der Waals surface area contributed by atoms with E-state index < -0.39 is 11.7 Å². The minimum absolute atomic E-state index is 0.260. The van der Waals surface area contributed by atoms with Crippen molar-refractivity contribution < 1.29 is 19.2 Å². The van der Waals surface area contributed by atoms with Gasteiger partial charge in [-0.2, -0.15) is 5.10 Å². The zero-order valence-electron chi connectivity index (χ0n) is 15.3. The average Bonchev–Trinajstić information content (AvgIpc) is 2.65. The van der Waals surface area contributed by atoms with Gasteiger partial charge < -0.3 is 10.0 Å². The number of amides is 1. The van der Waals surface area contributed by atoms with Crippen LogP contribution in [0.2, 0.25) is 0 Å². The number of rotatable bonds is 7. The fraction of sp³-hybridized carbons (Fsp3) is 0.300. The van der Waals surface area contributed by atoms with Gasteiger partial charge >= 0.3 is 0 Å². The number of nitrogens with one attached hydrogen (secondary N) is 2. The number of halogens is 1. The minimum atomic E-state index is -0.407. The summed E-state index contributed by atoms with van der Waals surface area (Å²) < 4.78 is 12.9. The highest BCUT2D eigenvalue weighted by Crippen LogP contribution is 2.18. The number of phenolic OH excluding ortho intramolecular Hbond substituents is 1. The van der Waals surface area contributed by atoms with Crippen LogP contribution < -0.4 is 10.3 Å². The van der Waals surface area contributed by atoms with Gasteiger partial charge in [0.1, 0.15) is 18.1 Å². The van der Waals surface area contributed by atoms with Crippen molar-refractivity contribution in [3.63, 3.8) is 0 Å². The lowest BCUT2D eigenvalue weighted by atomic mass is 10.1. The molecule has 2 aromatic carbocycles. The number of hydrogen-bond donors (Lipinski definition) is 3. The maximum Gasteiger partial charge on any atom is 0.271 e. The molecule has 0 saturated carbocycles. The molecule has 26 heavy (non-hydrogen) atoms. The molecule has 5 nitrogen and oxygen atoms in total. The Kier molecular flexibility index (Phi) is 6.86. The molecule has 0 bridgehead atoms. The lowest BCUT2D eigenvalue weighted by Crippen LogP contribution is -3.10. The van der Waals surface area contributed by atoms with Crippen molar-refractivity contribution in [1.82, 2.24) is 5.43 Å². The monoisotopic (exact) mass is 358 g/mol. The number of phenols is 1. The van der Waals surface area contributed by atoms with Gasteiger partial charge in [0.2, 0.25) is 0 Å². The molecule has 0 aliphatic rings. The van der Waals surface area contributed by atoms with E-state index in [1.165, 1.54) is 29.2 Å². The van der Waals surface area contributed by atoms with Crippen LogP contribution in [-0.4, -0.2) is 29.8 Å². The second-order valence-corrected chi connectivity index (χ2v) is 6.12. The van der Waals surface area contributed by atoms with E-state index in [1.54, 1.807) is 19.1 Å². The van der Waals surface area contributed by atoms with Crippen LogP contribution in [-0.2, 0) is 6.54 Å². The van der Waals surface area contributed by atoms with Crippen molar-refractivity contribution in [2.24, 2.45) is 5.10 Å². The number of carbonyl (C=O) groups is 1. The van der Waals surface area contributed by atoms with Crippen molar-refractivity contribution in [2.75, 3.05) is 13.1 Å². The summed E-state index contributed by atoms with van der Waals surface area (Å²) in [6.45, 7) is 8.67. The fourth-order valence-corrected chi connectivity index (χ4v) is 2.59. The molecule has 3 N–H and O–H groups in total. The van der Waals surface area contributed by atoms with Crippen LogP contribution in [0.25, 0.3) is 0 Å². The summed E-state index contributed by atoms with van der Waals surface area (Å²) in [6.07, 6.45) is 0. The van der Waals surface area contributed by atoms with E-state index in [9.17, 15) is 14.3 Å². The summed E-state index contributed by atoms with van der Waals surface area (Å²) in [4.78, 5) is 13.4. The van der Waals surface area contributed by atoms with Gasteiger partial charge in [-0.3, -0.25) is 4.79 Å². The van der Waals surface area contributed by atoms with E-state index in [0.29, 0.717) is 11.3 Å². The predicted molar refractivity (Wildman–Crippen MR) is 99.9 cm³/mol. The number of carbonyl (C=O) groups excluding carboxylic acids is 1. The highest BCUT2D eigenvalue weighted by atomic mass is 19.1. The Bertz CT molecular complexity index is 784. The first kappa shape index (κ1) is 19.6. The van der Waals surface area contributed by atoms with Crippen LogP contribution in [0, 0.1) is 5.82 Å². The van der Waals surface area contributed by atoms with E-state index in [1.807, 2.05) is 6.07 Å². The van der Waals surface area contributed by atoms with Crippen molar-refractivity contribution in [3.05, 3.63) is 65.0 Å². The molecule has 0 aliphatic heterocycles. The zero-order valence-corrected chi connectivity index (χ0v) is 15.3. The van der Waals surface area contributed by atoms with E-state index in [-0.39, 0.29) is 5.75 Å². The van der Waals surface area contributed by atoms with Crippen molar-refractivity contribution in [1.29, 1.82) is 0 Å². The lowest BCUT2D eigenvalue weighted by Gasteiger charge is -2.16. The second kappa shape index (κ2) is 9.10. The molecule has 0 unspecified atom stereocenters. The van der Waals surface area contributed by atoms with Crippen LogP contribution in [0.4, 0.5) is 4.39 Å². The SMILES string of the molecule is CC[NH+](CC)Cc1cc(/C(C)=N/NC(=O)c2ccc(F)cc2)ccc1O. The van der Waals surface area contributed by atoms with Gasteiger partial charge in [-0.1, -0.05) is 0 Å². The quantitative estimate of drug-likeness (QED) is 0.524. The Balaban J connectivity index is 2.12. The Morgan fingerprint density at radius 3 is 2.35 bits per heavy atom. The normalized spacial score (nSPS) is 11.7. The topological polar surface area (TPSA) is 66.1 Å². The third kappa shape index (κ3) is 5.13. The second-order valence-electron chi connectivity index (χ2n) is 6.12. The van der Waals surface area contributed by atoms with E-state index in [0.717, 1.165) is 30.8 Å². The molecular formula is C20H25FN3O2+. The molecule has 0 radical (unpaired) electrons. The largest absolute Gasteiger partial charge is 0.507 e. The van der Waals surface area contributed by atoms with Crippen molar-refractivity contribution >= 4 is 11.6 Å². The smallest absolute Gasteiger partial charge is 0.271 e. The maximum absolute atomic E-state index is 12.9. The van der Waals surface area contributed by atoms with Gasteiger partial charge in [-0.05, 0) is 68.8 Å². The molecule has 138 valence electrons. The molecule has 0 aliphatic carbocycles. The summed E-state index contributed by atoms with van der Waals surface area (Å²) in [6, 6.07) is 10.6. The van der Waals surface area contributed by atoms with Crippen LogP contribution in [0.5, 0.6) is 5.75 Å². The molecule has 2 rings (SSSR count). The van der Waals surface area contributed by atoms with Crippen molar-refractivity contribution in [2.45, 2.75) is 27.3 Å². The zero-order chi connectivity index (χ0) is 19.1. The Hall–Kier alpha value is -2.73. The summed E-state index contributed by atoms with van der Waals surface area (Å²) in [5.41, 5.74) is 5.10. The Morgan fingerprint density at radius 1 is 1.12 bits per heavy atom. The van der Waals surface area contributed by atoms with E-state index in [2.05, 4.69) is 24.4 Å². The predicted octanol–water partition coefficient (Wildman–Crippen LogP) is 2.11. The highest BCUT2D eigenvalue weighted by molar-refractivity contribution is 6.01. The summed E-state index contributed by atoms with van der Waals surface area (Å²) >= 11 is 0. The maximum atomic E-state index is 12.9. The van der Waals surface area contributed by atoms with Crippen LogP contribution >= 0.6 is 0 Å². The highest BCUT2D eigenvalue weighted by Gasteiger charge is 2.11. The number of hydrazone groups is 1. The average molecular weight is 358 g/mol. The third-order valence-electron chi connectivity index (χ3n) is 4.37. The van der Waals surface area contributed by atoms with Gasteiger partial charge in [-0.25, -0.2) is 9.82 Å². The molecule has 2 aromatic rings. The first-order valence-electron chi connectivity index (χ1n) is 8.70. The first-order chi connectivity index (χ1) is 12.4. The molecule has 0 atom stereocenters. The van der Waals surface area contributed by atoms with Crippen LogP contribution in [0.15, 0.2) is 47.6 Å². The minimum Gasteiger partial charge on any atom is -0.507 e. The Labute approximate surface area is 153 Å². The Morgan fingerprint density at radius 2 is 1.73 bits per heavy atom. The molecule has 0 fully saturated rings. The van der Waals surface area contributed by atoms with Gasteiger partial charge in [-0.15, -0.1) is 0 Å². The molecule has 6 heteroatoms.